The number of aryl methyl sites for hydroxylation is 1. The second kappa shape index (κ2) is 6.67. The predicted molar refractivity (Wildman–Crippen MR) is 90.2 cm³/mol. The van der Waals surface area contributed by atoms with Crippen LogP contribution in [0.25, 0.3) is 0 Å². The average molecular weight is 320 g/mol. The van der Waals surface area contributed by atoms with Crippen molar-refractivity contribution < 1.29 is 8.42 Å². The third kappa shape index (κ3) is 4.35. The van der Waals surface area contributed by atoms with E-state index in [1.165, 1.54) is 5.56 Å². The Balaban J connectivity index is 2.06. The summed E-state index contributed by atoms with van der Waals surface area (Å²) in [6.07, 6.45) is 0. The van der Waals surface area contributed by atoms with Gasteiger partial charge < -0.3 is 0 Å². The highest BCUT2D eigenvalue weighted by Gasteiger charge is 2.15. The molecule has 0 saturated carbocycles. The normalized spacial score (nSPS) is 11.8. The zero-order valence-corrected chi connectivity index (χ0v) is 14.2. The summed E-state index contributed by atoms with van der Waals surface area (Å²) in [5.74, 6) is 0.956. The molecule has 0 aliphatic rings. The number of hydrogen-bond donors (Lipinski definition) is 0. The van der Waals surface area contributed by atoms with Crippen molar-refractivity contribution in [2.45, 2.75) is 37.3 Å². The van der Waals surface area contributed by atoms with Crippen molar-refractivity contribution in [3.05, 3.63) is 65.2 Å². The Morgan fingerprint density at radius 3 is 2.05 bits per heavy atom. The molecule has 0 aliphatic heterocycles. The first kappa shape index (κ1) is 16.1. The zero-order valence-electron chi connectivity index (χ0n) is 12.5. The van der Waals surface area contributed by atoms with Crippen LogP contribution < -0.4 is 0 Å². The van der Waals surface area contributed by atoms with E-state index >= 15 is 0 Å². The van der Waals surface area contributed by atoms with Crippen molar-refractivity contribution in [3.8, 4) is 0 Å². The van der Waals surface area contributed by atoms with Gasteiger partial charge in [-0.15, -0.1) is 0 Å². The molecule has 0 heterocycles. The molecular formula is C17H20O2S2. The molecule has 0 atom stereocenters. The first-order valence-corrected chi connectivity index (χ1v) is 9.92. The quantitative estimate of drug-likeness (QED) is 0.746. The van der Waals surface area contributed by atoms with Gasteiger partial charge in [0.2, 0.25) is 8.87 Å². The maximum Gasteiger partial charge on any atom is 0.230 e. The average Bonchev–Trinajstić information content (AvgIpc) is 2.46. The molecule has 0 aromatic heterocycles. The number of benzene rings is 2. The minimum absolute atomic E-state index is 0.372. The maximum absolute atomic E-state index is 12.3. The lowest BCUT2D eigenvalue weighted by molar-refractivity contribution is 0.610. The van der Waals surface area contributed by atoms with Crippen molar-refractivity contribution in [1.82, 2.24) is 0 Å². The van der Waals surface area contributed by atoms with Crippen molar-refractivity contribution in [2.24, 2.45) is 0 Å². The monoisotopic (exact) mass is 320 g/mol. The molecule has 4 heteroatoms. The van der Waals surface area contributed by atoms with E-state index in [-0.39, 0.29) is 0 Å². The highest BCUT2D eigenvalue weighted by molar-refractivity contribution is 8.71. The second-order valence-corrected chi connectivity index (χ2v) is 9.35. The van der Waals surface area contributed by atoms with Gasteiger partial charge in [0, 0.05) is 5.75 Å². The maximum atomic E-state index is 12.3. The molecule has 0 spiro atoms. The Morgan fingerprint density at radius 1 is 0.952 bits per heavy atom. The van der Waals surface area contributed by atoms with Gasteiger partial charge in [0.05, 0.1) is 4.90 Å². The molecule has 0 N–H and O–H groups in total. The molecule has 2 aromatic carbocycles. The summed E-state index contributed by atoms with van der Waals surface area (Å²) < 4.78 is 24.5. The van der Waals surface area contributed by atoms with E-state index in [9.17, 15) is 8.42 Å². The van der Waals surface area contributed by atoms with E-state index in [2.05, 4.69) is 26.0 Å². The molecule has 0 bridgehead atoms. The minimum atomic E-state index is -3.29. The lowest BCUT2D eigenvalue weighted by atomic mass is 10.0. The van der Waals surface area contributed by atoms with Crippen LogP contribution in [0, 0.1) is 6.92 Å². The van der Waals surface area contributed by atoms with Gasteiger partial charge in [-0.05, 0) is 46.9 Å². The molecule has 2 aromatic rings. The van der Waals surface area contributed by atoms with Gasteiger partial charge in [0.15, 0.2) is 0 Å². The smallest absolute Gasteiger partial charge is 0.212 e. The lowest BCUT2D eigenvalue weighted by Crippen LogP contribution is -1.96. The highest BCUT2D eigenvalue weighted by Crippen LogP contribution is 2.27. The van der Waals surface area contributed by atoms with Crippen LogP contribution in [0.2, 0.25) is 0 Å². The summed E-state index contributed by atoms with van der Waals surface area (Å²) in [7, 11) is -2.31. The van der Waals surface area contributed by atoms with Gasteiger partial charge >= 0.3 is 0 Å². The zero-order chi connectivity index (χ0) is 15.5. The molecule has 2 rings (SSSR count). The van der Waals surface area contributed by atoms with Crippen LogP contribution in [0.1, 0.15) is 36.5 Å². The molecular weight excluding hydrogens is 300 g/mol. The summed E-state index contributed by atoms with van der Waals surface area (Å²) in [4.78, 5) is 0.372. The van der Waals surface area contributed by atoms with E-state index in [0.29, 0.717) is 16.6 Å². The van der Waals surface area contributed by atoms with E-state index < -0.39 is 8.87 Å². The molecule has 0 fully saturated rings. The van der Waals surface area contributed by atoms with Crippen molar-refractivity contribution >= 4 is 19.7 Å². The fourth-order valence-corrected chi connectivity index (χ4v) is 4.62. The van der Waals surface area contributed by atoms with E-state index in [0.717, 1.165) is 21.9 Å². The number of rotatable bonds is 5. The fraction of sp³-hybridized carbons (Fsp3) is 0.294. The Morgan fingerprint density at radius 2 is 1.52 bits per heavy atom. The third-order valence-electron chi connectivity index (χ3n) is 3.34. The molecule has 2 nitrogen and oxygen atoms in total. The molecule has 0 saturated heterocycles. The first-order chi connectivity index (χ1) is 9.88. The minimum Gasteiger partial charge on any atom is -0.212 e. The van der Waals surface area contributed by atoms with Gasteiger partial charge in [-0.3, -0.25) is 0 Å². The van der Waals surface area contributed by atoms with E-state index in [1.807, 2.05) is 31.2 Å². The number of hydrogen-bond acceptors (Lipinski definition) is 3. The summed E-state index contributed by atoms with van der Waals surface area (Å²) in [6, 6.07) is 15.1. The summed E-state index contributed by atoms with van der Waals surface area (Å²) in [5.41, 5.74) is 3.36. The van der Waals surface area contributed by atoms with Gasteiger partial charge in [-0.2, -0.15) is 0 Å². The van der Waals surface area contributed by atoms with Crippen LogP contribution >= 0.6 is 10.8 Å². The van der Waals surface area contributed by atoms with Crippen LogP contribution in [0.15, 0.2) is 53.4 Å². The van der Waals surface area contributed by atoms with Crippen molar-refractivity contribution in [3.63, 3.8) is 0 Å². The fourth-order valence-electron chi connectivity index (χ4n) is 1.92. The highest BCUT2D eigenvalue weighted by atomic mass is 33.1. The van der Waals surface area contributed by atoms with Crippen LogP contribution in [-0.2, 0) is 14.6 Å². The van der Waals surface area contributed by atoms with Gasteiger partial charge in [0.1, 0.15) is 0 Å². The standard InChI is InChI=1S/C17H20O2S2/c1-13(2)16-8-6-15(7-9-16)12-20-21(18,19)17-10-4-14(3)5-11-17/h4-11,13H,12H2,1-3H3. The van der Waals surface area contributed by atoms with Crippen LogP contribution in [0.5, 0.6) is 0 Å². The lowest BCUT2D eigenvalue weighted by Gasteiger charge is -2.07. The predicted octanol–water partition coefficient (Wildman–Crippen LogP) is 4.74. The van der Waals surface area contributed by atoms with Crippen LogP contribution in [-0.4, -0.2) is 8.42 Å². The molecule has 0 radical (unpaired) electrons. The molecule has 112 valence electrons. The van der Waals surface area contributed by atoms with Crippen molar-refractivity contribution in [2.75, 3.05) is 0 Å². The topological polar surface area (TPSA) is 34.1 Å². The van der Waals surface area contributed by atoms with E-state index in [1.54, 1.807) is 12.1 Å². The summed E-state index contributed by atoms with van der Waals surface area (Å²) in [5, 5.41) is 0. The Labute approximate surface area is 130 Å². The molecule has 0 aliphatic carbocycles. The largest absolute Gasteiger partial charge is 0.230 e. The van der Waals surface area contributed by atoms with Gasteiger partial charge in [0.25, 0.3) is 0 Å². The molecule has 0 unspecified atom stereocenters. The second-order valence-electron chi connectivity index (χ2n) is 5.43. The Hall–Kier alpha value is -1.26. The molecule has 0 amide bonds. The van der Waals surface area contributed by atoms with Gasteiger partial charge in [-0.1, -0.05) is 55.8 Å². The van der Waals surface area contributed by atoms with Crippen LogP contribution in [0.3, 0.4) is 0 Å². The summed E-state index contributed by atoms with van der Waals surface area (Å²) >= 11 is 0. The molecule has 21 heavy (non-hydrogen) atoms. The summed E-state index contributed by atoms with van der Waals surface area (Å²) in [6.45, 7) is 6.23. The van der Waals surface area contributed by atoms with Crippen molar-refractivity contribution in [1.29, 1.82) is 0 Å². The van der Waals surface area contributed by atoms with Crippen LogP contribution in [0.4, 0.5) is 0 Å². The Bertz CT molecular complexity index is 685. The Kier molecular flexibility index (Phi) is 5.12. The first-order valence-electron chi connectivity index (χ1n) is 6.93. The SMILES string of the molecule is Cc1ccc(S(=O)(=O)SCc2ccc(C(C)C)cc2)cc1. The third-order valence-corrected chi connectivity index (χ3v) is 6.81. The van der Waals surface area contributed by atoms with Gasteiger partial charge in [-0.25, -0.2) is 8.42 Å². The van der Waals surface area contributed by atoms with E-state index in [4.69, 9.17) is 0 Å².